The lowest BCUT2D eigenvalue weighted by Crippen LogP contribution is -2.19. The molecule has 0 unspecified atom stereocenters. The topological polar surface area (TPSA) is 42.2 Å². The highest BCUT2D eigenvalue weighted by molar-refractivity contribution is 5.67. The van der Waals surface area contributed by atoms with E-state index in [4.69, 9.17) is 5.73 Å². The van der Waals surface area contributed by atoms with Crippen LogP contribution >= 0.6 is 0 Å². The van der Waals surface area contributed by atoms with Gasteiger partial charge in [-0.25, -0.2) is 4.98 Å². The second-order valence-electron chi connectivity index (χ2n) is 5.14. The second-order valence-corrected chi connectivity index (χ2v) is 5.14. The van der Waals surface area contributed by atoms with Crippen molar-refractivity contribution in [3.8, 4) is 0 Å². The fraction of sp³-hybridized carbons (Fsp3) is 0.312. The van der Waals surface area contributed by atoms with Gasteiger partial charge in [0.2, 0.25) is 0 Å². The predicted octanol–water partition coefficient (Wildman–Crippen LogP) is 3.45. The van der Waals surface area contributed by atoms with Crippen LogP contribution < -0.4 is 10.6 Å². The highest BCUT2D eigenvalue weighted by Crippen LogP contribution is 2.32. The first-order valence-corrected chi connectivity index (χ1v) is 6.83. The number of fused-ring (bicyclic) bond motifs is 1. The zero-order valence-electron chi connectivity index (χ0n) is 11.3. The number of para-hydroxylation sites is 1. The first kappa shape index (κ1) is 12.0. The van der Waals surface area contributed by atoms with Crippen LogP contribution in [0.3, 0.4) is 0 Å². The van der Waals surface area contributed by atoms with E-state index in [0.717, 1.165) is 30.0 Å². The molecule has 2 aromatic rings. The summed E-state index contributed by atoms with van der Waals surface area (Å²) in [4.78, 5) is 6.84. The van der Waals surface area contributed by atoms with Gasteiger partial charge in [0.25, 0.3) is 0 Å². The largest absolute Gasteiger partial charge is 0.398 e. The second kappa shape index (κ2) is 4.92. The van der Waals surface area contributed by atoms with Crippen LogP contribution in [0.4, 0.5) is 17.2 Å². The molecule has 98 valence electrons. The van der Waals surface area contributed by atoms with Crippen molar-refractivity contribution >= 4 is 17.2 Å². The lowest BCUT2D eigenvalue weighted by atomic mass is 10.1. The summed E-state index contributed by atoms with van der Waals surface area (Å²) >= 11 is 0. The molecule has 0 saturated heterocycles. The zero-order chi connectivity index (χ0) is 13.2. The molecule has 0 saturated carbocycles. The van der Waals surface area contributed by atoms with E-state index in [-0.39, 0.29) is 0 Å². The first-order valence-electron chi connectivity index (χ1n) is 6.83. The molecule has 1 aliphatic rings. The van der Waals surface area contributed by atoms with Crippen LogP contribution in [0, 0.1) is 6.92 Å². The molecule has 0 spiro atoms. The van der Waals surface area contributed by atoms with E-state index in [0.29, 0.717) is 0 Å². The highest BCUT2D eigenvalue weighted by atomic mass is 15.2. The third-order valence-electron chi connectivity index (χ3n) is 3.77. The maximum atomic E-state index is 6.02. The summed E-state index contributed by atoms with van der Waals surface area (Å²) in [5.74, 6) is 0.956. The Morgan fingerprint density at radius 3 is 2.89 bits per heavy atom. The van der Waals surface area contributed by atoms with Crippen molar-refractivity contribution in [3.05, 3.63) is 47.7 Å². The number of nitrogens with two attached hydrogens (primary N) is 1. The molecule has 0 atom stereocenters. The Hall–Kier alpha value is -2.03. The molecular formula is C16H19N3. The van der Waals surface area contributed by atoms with Crippen molar-refractivity contribution < 1.29 is 0 Å². The molecule has 0 amide bonds. The smallest absolute Gasteiger partial charge is 0.134 e. The van der Waals surface area contributed by atoms with Gasteiger partial charge < -0.3 is 10.6 Å². The Bertz CT molecular complexity index is 592. The lowest BCUT2D eigenvalue weighted by molar-refractivity contribution is 0.758. The SMILES string of the molecule is Cc1cnc(N2CCCCc3ccccc32)cc1N. The van der Waals surface area contributed by atoms with Crippen molar-refractivity contribution in [2.75, 3.05) is 17.2 Å². The van der Waals surface area contributed by atoms with E-state index in [9.17, 15) is 0 Å². The third-order valence-corrected chi connectivity index (χ3v) is 3.77. The maximum absolute atomic E-state index is 6.02. The standard InChI is InChI=1S/C16H19N3/c1-12-11-18-16(10-14(12)17)19-9-5-4-7-13-6-2-3-8-15(13)19/h2-3,6,8,10-11H,4-5,7,9H2,1H3,(H2,17,18). The number of anilines is 3. The van der Waals surface area contributed by atoms with E-state index >= 15 is 0 Å². The number of rotatable bonds is 1. The van der Waals surface area contributed by atoms with Gasteiger partial charge in [0.1, 0.15) is 5.82 Å². The van der Waals surface area contributed by atoms with Crippen molar-refractivity contribution in [3.63, 3.8) is 0 Å². The molecule has 19 heavy (non-hydrogen) atoms. The molecule has 0 aliphatic carbocycles. The Morgan fingerprint density at radius 1 is 1.21 bits per heavy atom. The van der Waals surface area contributed by atoms with Gasteiger partial charge in [-0.1, -0.05) is 18.2 Å². The molecule has 1 aromatic heterocycles. The van der Waals surface area contributed by atoms with E-state index < -0.39 is 0 Å². The fourth-order valence-corrected chi connectivity index (χ4v) is 2.60. The number of hydrogen-bond acceptors (Lipinski definition) is 3. The van der Waals surface area contributed by atoms with Gasteiger partial charge in [-0.05, 0) is 43.4 Å². The summed E-state index contributed by atoms with van der Waals surface area (Å²) in [5, 5.41) is 0. The van der Waals surface area contributed by atoms with Gasteiger partial charge in [-0.3, -0.25) is 0 Å². The molecule has 3 heteroatoms. The summed E-state index contributed by atoms with van der Waals surface area (Å²) in [6, 6.07) is 10.6. The average Bonchev–Trinajstić information content (AvgIpc) is 2.64. The number of aryl methyl sites for hydroxylation is 2. The average molecular weight is 253 g/mol. The summed E-state index contributed by atoms with van der Waals surface area (Å²) in [7, 11) is 0. The first-order chi connectivity index (χ1) is 9.25. The van der Waals surface area contributed by atoms with Crippen LogP contribution in [-0.2, 0) is 6.42 Å². The number of hydrogen-bond donors (Lipinski definition) is 1. The van der Waals surface area contributed by atoms with Crippen LogP contribution in [0.5, 0.6) is 0 Å². The molecule has 0 radical (unpaired) electrons. The summed E-state index contributed by atoms with van der Waals surface area (Å²) in [6.45, 7) is 3.00. The van der Waals surface area contributed by atoms with Crippen LogP contribution in [0.25, 0.3) is 0 Å². The van der Waals surface area contributed by atoms with Crippen molar-refractivity contribution in [2.24, 2.45) is 0 Å². The Kier molecular flexibility index (Phi) is 3.11. The van der Waals surface area contributed by atoms with Crippen LogP contribution in [0.15, 0.2) is 36.5 Å². The molecule has 3 rings (SSSR count). The quantitative estimate of drug-likeness (QED) is 0.846. The number of aromatic nitrogens is 1. The van der Waals surface area contributed by atoms with E-state index in [1.54, 1.807) is 0 Å². The zero-order valence-corrected chi connectivity index (χ0v) is 11.3. The molecule has 2 N–H and O–H groups in total. The van der Waals surface area contributed by atoms with Crippen LogP contribution in [-0.4, -0.2) is 11.5 Å². The molecule has 1 aromatic carbocycles. The minimum atomic E-state index is 0.812. The predicted molar refractivity (Wildman–Crippen MR) is 79.8 cm³/mol. The van der Waals surface area contributed by atoms with Gasteiger partial charge in [-0.15, -0.1) is 0 Å². The number of nitrogen functional groups attached to an aromatic ring is 1. The van der Waals surface area contributed by atoms with Crippen molar-refractivity contribution in [2.45, 2.75) is 26.2 Å². The Labute approximate surface area is 114 Å². The molecule has 0 bridgehead atoms. The minimum Gasteiger partial charge on any atom is -0.398 e. The number of pyridine rings is 1. The molecular weight excluding hydrogens is 234 g/mol. The number of nitrogens with zero attached hydrogens (tertiary/aromatic N) is 2. The monoisotopic (exact) mass is 253 g/mol. The van der Waals surface area contributed by atoms with Crippen LogP contribution in [0.1, 0.15) is 24.0 Å². The highest BCUT2D eigenvalue weighted by Gasteiger charge is 2.17. The van der Waals surface area contributed by atoms with E-state index in [1.165, 1.54) is 24.1 Å². The van der Waals surface area contributed by atoms with Gasteiger partial charge >= 0.3 is 0 Å². The van der Waals surface area contributed by atoms with Gasteiger partial charge in [0.05, 0.1) is 0 Å². The van der Waals surface area contributed by atoms with Gasteiger partial charge in [0.15, 0.2) is 0 Å². The van der Waals surface area contributed by atoms with Crippen LogP contribution in [0.2, 0.25) is 0 Å². The lowest BCUT2D eigenvalue weighted by Gasteiger charge is -2.24. The normalized spacial score (nSPS) is 14.9. The number of benzene rings is 1. The molecule has 1 aliphatic heterocycles. The summed E-state index contributed by atoms with van der Waals surface area (Å²) in [5.41, 5.74) is 10.5. The van der Waals surface area contributed by atoms with Gasteiger partial charge in [0, 0.05) is 30.2 Å². The molecule has 2 heterocycles. The molecule has 0 fully saturated rings. The third kappa shape index (κ3) is 2.28. The Morgan fingerprint density at radius 2 is 2.05 bits per heavy atom. The maximum Gasteiger partial charge on any atom is 0.134 e. The minimum absolute atomic E-state index is 0.812. The van der Waals surface area contributed by atoms with Crippen molar-refractivity contribution in [1.29, 1.82) is 0 Å². The Balaban J connectivity index is 2.06. The van der Waals surface area contributed by atoms with E-state index in [2.05, 4.69) is 34.1 Å². The fourth-order valence-electron chi connectivity index (χ4n) is 2.60. The van der Waals surface area contributed by atoms with Gasteiger partial charge in [-0.2, -0.15) is 0 Å². The summed E-state index contributed by atoms with van der Waals surface area (Å²) < 4.78 is 0. The van der Waals surface area contributed by atoms with E-state index in [1.807, 2.05) is 19.2 Å². The van der Waals surface area contributed by atoms with Crippen molar-refractivity contribution in [1.82, 2.24) is 4.98 Å². The summed E-state index contributed by atoms with van der Waals surface area (Å²) in [6.07, 6.45) is 5.42. The molecule has 3 nitrogen and oxygen atoms in total.